The Bertz CT molecular complexity index is 815. The molecular formula is C24H32N2O3. The fourth-order valence-corrected chi connectivity index (χ4v) is 3.12. The van der Waals surface area contributed by atoms with Crippen LogP contribution in [0.4, 0.5) is 4.79 Å². The molecule has 0 saturated heterocycles. The fourth-order valence-electron chi connectivity index (χ4n) is 3.12. The minimum absolute atomic E-state index is 0.0457. The summed E-state index contributed by atoms with van der Waals surface area (Å²) in [7, 11) is 3.47. The van der Waals surface area contributed by atoms with Crippen molar-refractivity contribution in [1.29, 1.82) is 0 Å². The lowest BCUT2D eigenvalue weighted by atomic mass is 9.86. The molecule has 1 atom stereocenters. The van der Waals surface area contributed by atoms with Crippen LogP contribution in [0.15, 0.2) is 60.7 Å². The van der Waals surface area contributed by atoms with Crippen molar-refractivity contribution in [3.8, 4) is 0 Å². The molecule has 0 aliphatic heterocycles. The van der Waals surface area contributed by atoms with Gasteiger partial charge in [-0.1, -0.05) is 60.7 Å². The van der Waals surface area contributed by atoms with E-state index in [4.69, 9.17) is 4.74 Å². The van der Waals surface area contributed by atoms with E-state index in [1.165, 1.54) is 4.90 Å². The minimum atomic E-state index is -0.842. The monoisotopic (exact) mass is 396 g/mol. The van der Waals surface area contributed by atoms with Crippen molar-refractivity contribution in [3.63, 3.8) is 0 Å². The van der Waals surface area contributed by atoms with E-state index in [0.717, 1.165) is 11.1 Å². The second kappa shape index (κ2) is 9.12. The molecule has 2 amide bonds. The van der Waals surface area contributed by atoms with Crippen LogP contribution in [0.2, 0.25) is 0 Å². The maximum absolute atomic E-state index is 13.1. The Balaban J connectivity index is 2.26. The minimum Gasteiger partial charge on any atom is -0.444 e. The standard InChI is InChI=1S/C24H32N2O3/c1-23(2,3)29-22(28)26(6)24(4,20-15-11-8-12-16-20)17-21(27)25(5)18-19-13-9-7-10-14-19/h7-16H,17-18H2,1-6H3. The summed E-state index contributed by atoms with van der Waals surface area (Å²) in [4.78, 5) is 29.1. The fraction of sp³-hybridized carbons (Fsp3) is 0.417. The van der Waals surface area contributed by atoms with Crippen LogP contribution < -0.4 is 0 Å². The van der Waals surface area contributed by atoms with Gasteiger partial charge in [0.15, 0.2) is 0 Å². The van der Waals surface area contributed by atoms with Gasteiger partial charge in [0, 0.05) is 20.6 Å². The van der Waals surface area contributed by atoms with Crippen LogP contribution in [0.5, 0.6) is 0 Å². The Labute approximate surface area is 174 Å². The molecule has 5 heteroatoms. The molecule has 2 rings (SSSR count). The molecule has 5 nitrogen and oxygen atoms in total. The third-order valence-corrected chi connectivity index (χ3v) is 4.99. The molecule has 0 aliphatic carbocycles. The van der Waals surface area contributed by atoms with Gasteiger partial charge >= 0.3 is 6.09 Å². The largest absolute Gasteiger partial charge is 0.444 e. The molecule has 0 bridgehead atoms. The smallest absolute Gasteiger partial charge is 0.410 e. The average molecular weight is 397 g/mol. The van der Waals surface area contributed by atoms with Gasteiger partial charge in [-0.15, -0.1) is 0 Å². The van der Waals surface area contributed by atoms with Crippen molar-refractivity contribution >= 4 is 12.0 Å². The molecule has 0 aliphatic rings. The van der Waals surface area contributed by atoms with Crippen molar-refractivity contribution in [3.05, 3.63) is 71.8 Å². The van der Waals surface area contributed by atoms with Crippen LogP contribution >= 0.6 is 0 Å². The van der Waals surface area contributed by atoms with Gasteiger partial charge in [-0.05, 0) is 38.8 Å². The first-order chi connectivity index (χ1) is 13.5. The van der Waals surface area contributed by atoms with E-state index in [2.05, 4.69) is 0 Å². The molecule has 0 saturated carbocycles. The van der Waals surface area contributed by atoms with Gasteiger partial charge in [-0.3, -0.25) is 4.79 Å². The number of carbonyl (C=O) groups excluding carboxylic acids is 2. The van der Waals surface area contributed by atoms with Crippen LogP contribution in [-0.2, 0) is 21.6 Å². The van der Waals surface area contributed by atoms with Gasteiger partial charge in [0.2, 0.25) is 5.91 Å². The lowest BCUT2D eigenvalue weighted by molar-refractivity contribution is -0.133. The number of carbonyl (C=O) groups is 2. The van der Waals surface area contributed by atoms with Gasteiger partial charge in [0.1, 0.15) is 5.60 Å². The van der Waals surface area contributed by atoms with E-state index in [1.54, 1.807) is 19.0 Å². The van der Waals surface area contributed by atoms with Crippen molar-refractivity contribution in [2.24, 2.45) is 0 Å². The maximum atomic E-state index is 13.1. The van der Waals surface area contributed by atoms with Crippen molar-refractivity contribution in [2.45, 2.75) is 51.8 Å². The van der Waals surface area contributed by atoms with E-state index in [-0.39, 0.29) is 12.3 Å². The molecule has 0 heterocycles. The Hall–Kier alpha value is -2.82. The molecule has 2 aromatic carbocycles. The quantitative estimate of drug-likeness (QED) is 0.703. The van der Waals surface area contributed by atoms with Crippen molar-refractivity contribution in [1.82, 2.24) is 9.80 Å². The third-order valence-electron chi connectivity index (χ3n) is 4.99. The molecule has 156 valence electrons. The first kappa shape index (κ1) is 22.5. The zero-order valence-corrected chi connectivity index (χ0v) is 18.3. The van der Waals surface area contributed by atoms with Gasteiger partial charge < -0.3 is 14.5 Å². The number of nitrogens with zero attached hydrogens (tertiary/aromatic N) is 2. The average Bonchev–Trinajstić information content (AvgIpc) is 2.67. The van der Waals surface area contributed by atoms with Gasteiger partial charge in [0.25, 0.3) is 0 Å². The summed E-state index contributed by atoms with van der Waals surface area (Å²) in [6.45, 7) is 7.91. The molecule has 0 spiro atoms. The van der Waals surface area contributed by atoms with E-state index >= 15 is 0 Å². The summed E-state index contributed by atoms with van der Waals surface area (Å²) < 4.78 is 5.57. The zero-order valence-electron chi connectivity index (χ0n) is 18.3. The normalized spacial score (nSPS) is 13.3. The summed E-state index contributed by atoms with van der Waals surface area (Å²) >= 11 is 0. The van der Waals surface area contributed by atoms with E-state index in [9.17, 15) is 9.59 Å². The Kier molecular flexibility index (Phi) is 7.07. The third kappa shape index (κ3) is 6.08. The first-order valence-electron chi connectivity index (χ1n) is 9.83. The number of ether oxygens (including phenoxy) is 1. The highest BCUT2D eigenvalue weighted by Crippen LogP contribution is 2.33. The molecular weight excluding hydrogens is 364 g/mol. The number of rotatable bonds is 6. The van der Waals surface area contributed by atoms with Gasteiger partial charge in [0.05, 0.1) is 12.0 Å². The Morgan fingerprint density at radius 3 is 1.90 bits per heavy atom. The highest BCUT2D eigenvalue weighted by Gasteiger charge is 2.39. The molecule has 29 heavy (non-hydrogen) atoms. The van der Waals surface area contributed by atoms with E-state index in [1.807, 2.05) is 88.4 Å². The zero-order chi connectivity index (χ0) is 21.7. The van der Waals surface area contributed by atoms with Crippen molar-refractivity contribution in [2.75, 3.05) is 14.1 Å². The molecule has 0 fully saturated rings. The van der Waals surface area contributed by atoms with Gasteiger partial charge in [-0.2, -0.15) is 0 Å². The SMILES string of the molecule is CN(Cc1ccccc1)C(=O)CC(C)(c1ccccc1)N(C)C(=O)OC(C)(C)C. The second-order valence-corrected chi connectivity index (χ2v) is 8.59. The summed E-state index contributed by atoms with van der Waals surface area (Å²) in [5.74, 6) is -0.0457. The number of benzene rings is 2. The van der Waals surface area contributed by atoms with E-state index < -0.39 is 17.2 Å². The highest BCUT2D eigenvalue weighted by atomic mass is 16.6. The molecule has 0 radical (unpaired) electrons. The van der Waals surface area contributed by atoms with Crippen LogP contribution in [0.1, 0.15) is 45.2 Å². The summed E-state index contributed by atoms with van der Waals surface area (Å²) in [5.41, 5.74) is 0.489. The Morgan fingerprint density at radius 2 is 1.38 bits per heavy atom. The summed E-state index contributed by atoms with van der Waals surface area (Å²) in [6, 6.07) is 19.5. The van der Waals surface area contributed by atoms with E-state index in [0.29, 0.717) is 6.54 Å². The van der Waals surface area contributed by atoms with Gasteiger partial charge in [-0.25, -0.2) is 4.79 Å². The topological polar surface area (TPSA) is 49.9 Å². The number of amides is 2. The lowest BCUT2D eigenvalue weighted by Gasteiger charge is -2.40. The lowest BCUT2D eigenvalue weighted by Crippen LogP contribution is -2.49. The van der Waals surface area contributed by atoms with Crippen LogP contribution in [0.3, 0.4) is 0 Å². The summed E-state index contributed by atoms with van der Waals surface area (Å²) in [5, 5.41) is 0. The maximum Gasteiger partial charge on any atom is 0.410 e. The number of hydrogen-bond acceptors (Lipinski definition) is 3. The van der Waals surface area contributed by atoms with Crippen molar-refractivity contribution < 1.29 is 14.3 Å². The molecule has 0 aromatic heterocycles. The number of hydrogen-bond donors (Lipinski definition) is 0. The molecule has 2 aromatic rings. The Morgan fingerprint density at radius 1 is 0.862 bits per heavy atom. The molecule has 1 unspecified atom stereocenters. The predicted molar refractivity (Wildman–Crippen MR) is 115 cm³/mol. The molecule has 0 N–H and O–H groups in total. The first-order valence-corrected chi connectivity index (χ1v) is 9.83. The van der Waals surface area contributed by atoms with Crippen LogP contribution in [0, 0.1) is 0 Å². The highest BCUT2D eigenvalue weighted by molar-refractivity contribution is 5.79. The predicted octanol–water partition coefficient (Wildman–Crippen LogP) is 4.82. The summed E-state index contributed by atoms with van der Waals surface area (Å²) in [6.07, 6.45) is -0.307. The van der Waals surface area contributed by atoms with Crippen LogP contribution in [-0.4, -0.2) is 41.5 Å². The second-order valence-electron chi connectivity index (χ2n) is 8.59. The van der Waals surface area contributed by atoms with Crippen LogP contribution in [0.25, 0.3) is 0 Å².